The van der Waals surface area contributed by atoms with E-state index in [1.165, 1.54) is 0 Å². The van der Waals surface area contributed by atoms with Crippen molar-refractivity contribution in [2.24, 2.45) is 0 Å². The largest absolute Gasteiger partial charge is 0.375 e. The van der Waals surface area contributed by atoms with Crippen LogP contribution in [0.5, 0.6) is 0 Å². The lowest BCUT2D eigenvalue weighted by atomic mass is 9.88. The summed E-state index contributed by atoms with van der Waals surface area (Å²) < 4.78 is 0.732. The summed E-state index contributed by atoms with van der Waals surface area (Å²) in [6.45, 7) is 0. The zero-order valence-electron chi connectivity index (χ0n) is 14.3. The molecule has 27 heavy (non-hydrogen) atoms. The SMILES string of the molecule is O=C(CC1(O)C(=O)Nc2ccc(Br)cc21)c1ccc(-c2ccccc2)cc1. The van der Waals surface area contributed by atoms with E-state index in [0.717, 1.165) is 15.6 Å². The molecule has 1 unspecified atom stereocenters. The van der Waals surface area contributed by atoms with Gasteiger partial charge in [-0.25, -0.2) is 0 Å². The maximum atomic E-state index is 12.7. The Labute approximate surface area is 165 Å². The van der Waals surface area contributed by atoms with Gasteiger partial charge in [-0.15, -0.1) is 0 Å². The summed E-state index contributed by atoms with van der Waals surface area (Å²) in [5, 5.41) is 13.6. The van der Waals surface area contributed by atoms with Crippen molar-refractivity contribution in [3.05, 3.63) is 88.4 Å². The first-order valence-electron chi connectivity index (χ1n) is 8.50. The van der Waals surface area contributed by atoms with Gasteiger partial charge in [-0.2, -0.15) is 0 Å². The van der Waals surface area contributed by atoms with E-state index < -0.39 is 11.5 Å². The van der Waals surface area contributed by atoms with Crippen LogP contribution in [0.25, 0.3) is 11.1 Å². The monoisotopic (exact) mass is 421 g/mol. The van der Waals surface area contributed by atoms with Gasteiger partial charge in [-0.05, 0) is 29.3 Å². The highest BCUT2D eigenvalue weighted by Gasteiger charge is 2.46. The molecule has 0 radical (unpaired) electrons. The number of fused-ring (bicyclic) bond motifs is 1. The van der Waals surface area contributed by atoms with E-state index in [-0.39, 0.29) is 12.2 Å². The third-order valence-corrected chi connectivity index (χ3v) is 5.27. The molecule has 2 N–H and O–H groups in total. The average Bonchev–Trinajstić information content (AvgIpc) is 2.93. The second-order valence-corrected chi connectivity index (χ2v) is 7.46. The predicted octanol–water partition coefficient (Wildman–Crippen LogP) is 4.53. The van der Waals surface area contributed by atoms with Crippen LogP contribution in [0.2, 0.25) is 0 Å². The number of nitrogens with one attached hydrogen (secondary N) is 1. The van der Waals surface area contributed by atoms with Gasteiger partial charge in [0.25, 0.3) is 5.91 Å². The van der Waals surface area contributed by atoms with E-state index in [1.54, 1.807) is 30.3 Å². The summed E-state index contributed by atoms with van der Waals surface area (Å²) in [5.41, 5.74) is 1.59. The number of benzene rings is 3. The van der Waals surface area contributed by atoms with Gasteiger partial charge in [0.1, 0.15) is 0 Å². The average molecular weight is 422 g/mol. The predicted molar refractivity (Wildman–Crippen MR) is 107 cm³/mol. The number of carbonyl (C=O) groups is 2. The summed E-state index contributed by atoms with van der Waals surface area (Å²) in [7, 11) is 0. The lowest BCUT2D eigenvalue weighted by Crippen LogP contribution is -2.36. The molecule has 1 heterocycles. The molecule has 4 rings (SSSR count). The van der Waals surface area contributed by atoms with Crippen molar-refractivity contribution >= 4 is 33.3 Å². The number of hydrogen-bond acceptors (Lipinski definition) is 3. The quantitative estimate of drug-likeness (QED) is 0.608. The van der Waals surface area contributed by atoms with Crippen LogP contribution in [0.15, 0.2) is 77.3 Å². The van der Waals surface area contributed by atoms with Gasteiger partial charge in [0.2, 0.25) is 0 Å². The lowest BCUT2D eigenvalue weighted by Gasteiger charge is -2.20. The number of carbonyl (C=O) groups excluding carboxylic acids is 2. The van der Waals surface area contributed by atoms with Crippen molar-refractivity contribution in [1.29, 1.82) is 0 Å². The van der Waals surface area contributed by atoms with Crippen LogP contribution in [0, 0.1) is 0 Å². The van der Waals surface area contributed by atoms with Crippen LogP contribution >= 0.6 is 15.9 Å². The molecule has 3 aromatic carbocycles. The molecule has 1 amide bonds. The molecule has 0 saturated carbocycles. The highest BCUT2D eigenvalue weighted by Crippen LogP contribution is 2.40. The molecule has 0 bridgehead atoms. The highest BCUT2D eigenvalue weighted by molar-refractivity contribution is 9.10. The topological polar surface area (TPSA) is 66.4 Å². The van der Waals surface area contributed by atoms with E-state index in [2.05, 4.69) is 21.2 Å². The summed E-state index contributed by atoms with van der Waals surface area (Å²) in [4.78, 5) is 25.1. The van der Waals surface area contributed by atoms with E-state index in [0.29, 0.717) is 16.8 Å². The number of rotatable bonds is 4. The Balaban J connectivity index is 1.59. The Morgan fingerprint density at radius 2 is 1.63 bits per heavy atom. The summed E-state index contributed by atoms with van der Waals surface area (Å²) in [5.74, 6) is -0.870. The normalized spacial score (nSPS) is 18.1. The van der Waals surface area contributed by atoms with Crippen LogP contribution < -0.4 is 5.32 Å². The van der Waals surface area contributed by atoms with Gasteiger partial charge >= 0.3 is 0 Å². The Kier molecular flexibility index (Phi) is 4.42. The molecule has 5 heteroatoms. The number of halogens is 1. The molecule has 0 fully saturated rings. The lowest BCUT2D eigenvalue weighted by molar-refractivity contribution is -0.133. The fourth-order valence-corrected chi connectivity index (χ4v) is 3.67. The van der Waals surface area contributed by atoms with Crippen LogP contribution in [0.3, 0.4) is 0 Å². The highest BCUT2D eigenvalue weighted by atomic mass is 79.9. The number of aliphatic hydroxyl groups is 1. The van der Waals surface area contributed by atoms with Gasteiger partial charge in [0.15, 0.2) is 11.4 Å². The first-order chi connectivity index (χ1) is 13.0. The van der Waals surface area contributed by atoms with E-state index in [1.807, 2.05) is 42.5 Å². The van der Waals surface area contributed by atoms with Crippen molar-refractivity contribution in [2.45, 2.75) is 12.0 Å². The van der Waals surface area contributed by atoms with Crippen LogP contribution in [0.1, 0.15) is 22.3 Å². The summed E-state index contributed by atoms with van der Waals surface area (Å²) >= 11 is 3.34. The molecule has 1 aliphatic rings. The maximum Gasteiger partial charge on any atom is 0.261 e. The molecular weight excluding hydrogens is 406 g/mol. The third kappa shape index (κ3) is 3.20. The minimum absolute atomic E-state index is 0.292. The summed E-state index contributed by atoms with van der Waals surface area (Å²) in [6, 6.07) is 22.2. The molecule has 3 aromatic rings. The van der Waals surface area contributed by atoms with Crippen molar-refractivity contribution in [3.63, 3.8) is 0 Å². The standard InChI is InChI=1S/C22H16BrNO3/c23-17-10-11-19-18(12-17)22(27,21(26)24-19)13-20(25)16-8-6-15(7-9-16)14-4-2-1-3-5-14/h1-12,27H,13H2,(H,24,26). The van der Waals surface area contributed by atoms with Gasteiger partial charge in [0.05, 0.1) is 6.42 Å². The molecule has 1 atom stereocenters. The van der Waals surface area contributed by atoms with Crippen LogP contribution in [0.4, 0.5) is 5.69 Å². The summed E-state index contributed by atoms with van der Waals surface area (Å²) in [6.07, 6.45) is -0.313. The zero-order chi connectivity index (χ0) is 19.0. The fraction of sp³-hybridized carbons (Fsp3) is 0.0909. The first-order valence-corrected chi connectivity index (χ1v) is 9.29. The van der Waals surface area contributed by atoms with Crippen molar-refractivity contribution in [3.8, 4) is 11.1 Å². The van der Waals surface area contributed by atoms with Crippen LogP contribution in [-0.4, -0.2) is 16.8 Å². The Bertz CT molecular complexity index is 1030. The second kappa shape index (κ2) is 6.76. The Morgan fingerprint density at radius 1 is 0.963 bits per heavy atom. The Morgan fingerprint density at radius 3 is 2.33 bits per heavy atom. The van der Waals surface area contributed by atoms with Crippen molar-refractivity contribution in [1.82, 2.24) is 0 Å². The maximum absolute atomic E-state index is 12.7. The number of ketones is 1. The molecule has 4 nitrogen and oxygen atoms in total. The number of amides is 1. The number of Topliss-reactive ketones (excluding diaryl/α,β-unsaturated/α-hetero) is 1. The molecular formula is C22H16BrNO3. The molecule has 0 saturated heterocycles. The van der Waals surface area contributed by atoms with E-state index in [4.69, 9.17) is 0 Å². The van der Waals surface area contributed by atoms with Gasteiger partial charge in [-0.1, -0.05) is 70.5 Å². The number of hydrogen-bond donors (Lipinski definition) is 2. The van der Waals surface area contributed by atoms with E-state index >= 15 is 0 Å². The van der Waals surface area contributed by atoms with Gasteiger partial charge in [0, 0.05) is 21.3 Å². The van der Waals surface area contributed by atoms with Gasteiger partial charge < -0.3 is 10.4 Å². The first kappa shape index (κ1) is 17.6. The molecule has 0 spiro atoms. The Hall–Kier alpha value is -2.76. The van der Waals surface area contributed by atoms with Crippen molar-refractivity contribution < 1.29 is 14.7 Å². The van der Waals surface area contributed by atoms with Crippen molar-refractivity contribution in [2.75, 3.05) is 5.32 Å². The second-order valence-electron chi connectivity index (χ2n) is 6.55. The van der Waals surface area contributed by atoms with Gasteiger partial charge in [-0.3, -0.25) is 9.59 Å². The van der Waals surface area contributed by atoms with E-state index in [9.17, 15) is 14.7 Å². The minimum Gasteiger partial charge on any atom is -0.375 e. The number of anilines is 1. The zero-order valence-corrected chi connectivity index (χ0v) is 15.9. The smallest absolute Gasteiger partial charge is 0.261 e. The molecule has 0 aliphatic carbocycles. The molecule has 1 aliphatic heterocycles. The van der Waals surface area contributed by atoms with Crippen LogP contribution in [-0.2, 0) is 10.4 Å². The third-order valence-electron chi connectivity index (χ3n) is 4.78. The minimum atomic E-state index is -1.87. The molecule has 0 aromatic heterocycles. The molecule has 134 valence electrons. The fourth-order valence-electron chi connectivity index (χ4n) is 3.30.